The second-order valence-corrected chi connectivity index (χ2v) is 14.0. The Morgan fingerprint density at radius 2 is 1.76 bits per heavy atom. The Balaban J connectivity index is 1.43. The summed E-state index contributed by atoms with van der Waals surface area (Å²) in [5.41, 5.74) is 0.983. The molecule has 0 unspecified atom stereocenters. The highest BCUT2D eigenvalue weighted by Crippen LogP contribution is 2.38. The van der Waals surface area contributed by atoms with Gasteiger partial charge in [0.25, 0.3) is 5.91 Å². The number of halogens is 4. The normalized spacial score (nSPS) is 17.2. The molecule has 246 valence electrons. The minimum absolute atomic E-state index is 0.0244. The molecule has 10 nitrogen and oxygen atoms in total. The van der Waals surface area contributed by atoms with Gasteiger partial charge < -0.3 is 19.1 Å². The summed E-state index contributed by atoms with van der Waals surface area (Å²) in [6.07, 6.45) is 4.03. The fraction of sp³-hybridized carbons (Fsp3) is 0.387. The number of sulfonamides is 1. The molecule has 1 aliphatic heterocycles. The average molecular weight is 700 g/mol. The summed E-state index contributed by atoms with van der Waals surface area (Å²) in [7, 11) is -1.07. The lowest BCUT2D eigenvalue weighted by Crippen LogP contribution is -2.55. The second kappa shape index (κ2) is 14.1. The number of nitrogens with zero attached hydrogens (tertiary/aromatic N) is 2. The fourth-order valence-electron chi connectivity index (χ4n) is 4.90. The molecule has 2 aromatic carbocycles. The van der Waals surface area contributed by atoms with Crippen molar-refractivity contribution in [3.8, 4) is 11.5 Å². The number of hydrogen-bond donors (Lipinski definition) is 0. The highest BCUT2D eigenvalue weighted by molar-refractivity contribution is 7.89. The van der Waals surface area contributed by atoms with Gasteiger partial charge in [0, 0.05) is 38.2 Å². The quantitative estimate of drug-likeness (QED) is 0.226. The Morgan fingerprint density at radius 1 is 1.04 bits per heavy atom. The third-order valence-corrected chi connectivity index (χ3v) is 10.3. The summed E-state index contributed by atoms with van der Waals surface area (Å²) in [5, 5.41) is 0.521. The molecular formula is C31H32Cl2F2N3O7S+. The van der Waals surface area contributed by atoms with E-state index in [1.165, 1.54) is 59.8 Å². The molecule has 1 amide bonds. The Kier molecular flexibility index (Phi) is 10.4. The molecule has 2 aliphatic rings. The monoisotopic (exact) mass is 698 g/mol. The summed E-state index contributed by atoms with van der Waals surface area (Å²) in [6, 6.07) is 8.65. The Labute approximate surface area is 275 Å². The van der Waals surface area contributed by atoms with Crippen LogP contribution in [-0.4, -0.2) is 69.4 Å². The van der Waals surface area contributed by atoms with E-state index in [4.69, 9.17) is 32.7 Å². The topological polar surface area (TPSA) is 117 Å². The van der Waals surface area contributed by atoms with E-state index in [1.54, 1.807) is 14.1 Å². The Bertz CT molecular complexity index is 1700. The molecule has 1 saturated heterocycles. The smallest absolute Gasteiger partial charge is 0.387 e. The Hall–Kier alpha value is -3.52. The first kappa shape index (κ1) is 33.8. The number of carbonyl (C=O) groups excluding carboxylic acids is 2. The van der Waals surface area contributed by atoms with Crippen molar-refractivity contribution in [3.05, 3.63) is 81.6 Å². The van der Waals surface area contributed by atoms with E-state index in [0.717, 1.165) is 17.1 Å². The van der Waals surface area contributed by atoms with E-state index in [-0.39, 0.29) is 57.3 Å². The molecule has 2 heterocycles. The van der Waals surface area contributed by atoms with Crippen LogP contribution in [0.3, 0.4) is 0 Å². The highest BCUT2D eigenvalue weighted by atomic mass is 35.5. The maximum absolute atomic E-state index is 13.6. The van der Waals surface area contributed by atoms with Gasteiger partial charge in [-0.3, -0.25) is 9.59 Å². The molecular weight excluding hydrogens is 667 g/mol. The molecule has 0 bridgehead atoms. The lowest BCUT2D eigenvalue weighted by atomic mass is 10.0. The van der Waals surface area contributed by atoms with Gasteiger partial charge in [-0.15, -0.1) is 0 Å². The third kappa shape index (κ3) is 7.71. The zero-order valence-corrected chi connectivity index (χ0v) is 27.2. The first-order chi connectivity index (χ1) is 21.8. The second-order valence-electron chi connectivity index (χ2n) is 11.2. The SMILES string of the molecule is CN(C)C(=O)c1cccc(S(=O)(=O)N2CC[C@H]2C(=O)O[C@@H](Cc2c(Cl)c[nH+]cc2Cl)c2ccc(OC(F)F)c(OCC3CC3)c2)c1. The first-order valence-corrected chi connectivity index (χ1v) is 16.6. The summed E-state index contributed by atoms with van der Waals surface area (Å²) in [4.78, 5) is 30.1. The number of aromatic nitrogens is 1. The number of alkyl halides is 2. The van der Waals surface area contributed by atoms with E-state index in [9.17, 15) is 26.8 Å². The van der Waals surface area contributed by atoms with Crippen LogP contribution in [-0.2, 0) is 26.0 Å². The van der Waals surface area contributed by atoms with Crippen LogP contribution in [0.5, 0.6) is 11.5 Å². The zero-order chi connectivity index (χ0) is 33.2. The van der Waals surface area contributed by atoms with Crippen molar-refractivity contribution in [1.82, 2.24) is 9.21 Å². The zero-order valence-electron chi connectivity index (χ0n) is 24.9. The number of esters is 1. The molecule has 5 rings (SSSR count). The molecule has 1 saturated carbocycles. The number of benzene rings is 2. The first-order valence-electron chi connectivity index (χ1n) is 14.4. The van der Waals surface area contributed by atoms with Gasteiger partial charge in [0.15, 0.2) is 23.9 Å². The van der Waals surface area contributed by atoms with Gasteiger partial charge >= 0.3 is 12.6 Å². The number of H-pyrrole nitrogens is 1. The van der Waals surface area contributed by atoms with E-state index in [1.807, 2.05) is 0 Å². The standard InChI is InChI=1S/C31H31Cl2F2N3O7S/c1-37(2)29(39)20-4-3-5-21(12-20)46(41,42)38-11-10-25(38)30(40)44-27(14-22-23(32)15-36-16-24(22)33)19-8-9-26(45-31(34)35)28(13-19)43-17-18-6-7-18/h3-5,8-9,12-13,15-16,18,25,27,31H,6-7,10-11,14,17H2,1-2H3/p+1/t25-,27-/m0/s1. The van der Waals surface area contributed by atoms with Crippen molar-refractivity contribution in [2.24, 2.45) is 5.92 Å². The van der Waals surface area contributed by atoms with Crippen LogP contribution >= 0.6 is 23.2 Å². The minimum atomic E-state index is -4.18. The number of ether oxygens (including phenoxy) is 3. The maximum atomic E-state index is 13.6. The van der Waals surface area contributed by atoms with Crippen LogP contribution in [0.2, 0.25) is 10.0 Å². The number of carbonyl (C=O) groups is 2. The largest absolute Gasteiger partial charge is 0.489 e. The highest BCUT2D eigenvalue weighted by Gasteiger charge is 2.45. The number of rotatable bonds is 13. The van der Waals surface area contributed by atoms with Crippen molar-refractivity contribution >= 4 is 45.1 Å². The number of hydrogen-bond acceptors (Lipinski definition) is 7. The van der Waals surface area contributed by atoms with Gasteiger partial charge in [0.05, 0.1) is 11.5 Å². The number of amides is 1. The van der Waals surface area contributed by atoms with Gasteiger partial charge in [-0.1, -0.05) is 35.3 Å². The van der Waals surface area contributed by atoms with Crippen LogP contribution in [0, 0.1) is 5.92 Å². The molecule has 0 radical (unpaired) electrons. The third-order valence-electron chi connectivity index (χ3n) is 7.71. The summed E-state index contributed by atoms with van der Waals surface area (Å²) in [6.45, 7) is -2.73. The fourth-order valence-corrected chi connectivity index (χ4v) is 7.10. The van der Waals surface area contributed by atoms with E-state index in [0.29, 0.717) is 23.7 Å². The van der Waals surface area contributed by atoms with E-state index < -0.39 is 34.7 Å². The van der Waals surface area contributed by atoms with Crippen LogP contribution in [0.15, 0.2) is 59.8 Å². The van der Waals surface area contributed by atoms with E-state index >= 15 is 0 Å². The van der Waals surface area contributed by atoms with Crippen LogP contribution in [0.4, 0.5) is 8.78 Å². The molecule has 0 spiro atoms. The van der Waals surface area contributed by atoms with Gasteiger partial charge in [-0.25, -0.2) is 13.4 Å². The molecule has 15 heteroatoms. The average Bonchev–Trinajstić information content (AvgIpc) is 3.81. The lowest BCUT2D eigenvalue weighted by Gasteiger charge is -2.38. The van der Waals surface area contributed by atoms with Crippen molar-refractivity contribution in [2.45, 2.75) is 49.3 Å². The van der Waals surface area contributed by atoms with Gasteiger partial charge in [0.2, 0.25) is 10.0 Å². The molecule has 1 aliphatic carbocycles. The summed E-state index contributed by atoms with van der Waals surface area (Å²) < 4.78 is 70.9. The molecule has 1 N–H and O–H groups in total. The lowest BCUT2D eigenvalue weighted by molar-refractivity contribution is -0.377. The summed E-state index contributed by atoms with van der Waals surface area (Å²) in [5.74, 6) is -1.03. The van der Waals surface area contributed by atoms with Crippen LogP contribution in [0.25, 0.3) is 0 Å². The van der Waals surface area contributed by atoms with Crippen molar-refractivity contribution in [3.63, 3.8) is 0 Å². The van der Waals surface area contributed by atoms with Crippen LogP contribution < -0.4 is 14.5 Å². The van der Waals surface area contributed by atoms with Gasteiger partial charge in [-0.05, 0) is 61.1 Å². The number of nitrogens with one attached hydrogen (secondary N) is 1. The van der Waals surface area contributed by atoms with Gasteiger partial charge in [0.1, 0.15) is 22.2 Å². The number of pyridine rings is 1. The molecule has 46 heavy (non-hydrogen) atoms. The molecule has 3 aromatic rings. The van der Waals surface area contributed by atoms with Crippen molar-refractivity contribution in [1.29, 1.82) is 0 Å². The number of aromatic amines is 1. The minimum Gasteiger partial charge on any atom is -0.489 e. The van der Waals surface area contributed by atoms with Crippen molar-refractivity contribution in [2.75, 3.05) is 27.2 Å². The Morgan fingerprint density at radius 3 is 2.37 bits per heavy atom. The molecule has 2 atom stereocenters. The summed E-state index contributed by atoms with van der Waals surface area (Å²) >= 11 is 12.8. The van der Waals surface area contributed by atoms with Crippen molar-refractivity contribution < 1.29 is 46.0 Å². The molecule has 1 aromatic heterocycles. The predicted molar refractivity (Wildman–Crippen MR) is 164 cm³/mol. The predicted octanol–water partition coefficient (Wildman–Crippen LogP) is 5.19. The van der Waals surface area contributed by atoms with Gasteiger partial charge in [-0.2, -0.15) is 13.1 Å². The molecule has 2 fully saturated rings. The van der Waals surface area contributed by atoms with E-state index in [2.05, 4.69) is 9.72 Å². The van der Waals surface area contributed by atoms with Crippen LogP contribution in [0.1, 0.15) is 46.9 Å². The maximum Gasteiger partial charge on any atom is 0.387 e.